The van der Waals surface area contributed by atoms with Crippen molar-refractivity contribution in [3.05, 3.63) is 0 Å². The van der Waals surface area contributed by atoms with E-state index in [4.69, 9.17) is 19.9 Å². The van der Waals surface area contributed by atoms with Gasteiger partial charge in [-0.1, -0.05) is 0 Å². The fourth-order valence-electron chi connectivity index (χ4n) is 0.998. The van der Waals surface area contributed by atoms with E-state index in [1.807, 2.05) is 0 Å². The van der Waals surface area contributed by atoms with Crippen molar-refractivity contribution in [3.63, 3.8) is 0 Å². The summed E-state index contributed by atoms with van der Waals surface area (Å²) in [6.45, 7) is 0. The second-order valence-corrected chi connectivity index (χ2v) is 3.97. The molecule has 20 heavy (non-hydrogen) atoms. The largest absolute Gasteiger partial charge is 2.00 e. The quantitative estimate of drug-likeness (QED) is 0.259. The van der Waals surface area contributed by atoms with Crippen molar-refractivity contribution < 1.29 is 80.7 Å². The van der Waals surface area contributed by atoms with Gasteiger partial charge in [0.1, 0.15) is 0 Å². The summed E-state index contributed by atoms with van der Waals surface area (Å²) in [4.78, 5) is 31.5. The Bertz CT molecular complexity index is 448. The van der Waals surface area contributed by atoms with Crippen LogP contribution in [-0.2, 0) is 29.0 Å². The van der Waals surface area contributed by atoms with Crippen molar-refractivity contribution in [2.75, 3.05) is 0 Å². The predicted octanol–water partition coefficient (Wildman–Crippen LogP) is -4.04. The van der Waals surface area contributed by atoms with Gasteiger partial charge in [-0.2, -0.15) is 8.42 Å². The van der Waals surface area contributed by atoms with Crippen LogP contribution >= 0.6 is 12.4 Å². The van der Waals surface area contributed by atoms with E-state index >= 15 is 0 Å². The Balaban J connectivity index is -0.0000000853. The third-order valence-corrected chi connectivity index (χ3v) is 2.06. The zero-order valence-electron chi connectivity index (χ0n) is 13.2. The summed E-state index contributed by atoms with van der Waals surface area (Å²) in [5.74, 6) is -5.76. The van der Waals surface area contributed by atoms with E-state index in [0.717, 1.165) is 0 Å². The average Bonchev–Trinajstić information content (AvgIpc) is 1.96. The summed E-state index contributed by atoms with van der Waals surface area (Å²) < 4.78 is 32.8. The van der Waals surface area contributed by atoms with Crippen molar-refractivity contribution in [1.29, 1.82) is 0 Å². The first-order valence-electron chi connectivity index (χ1n) is 3.83. The smallest absolute Gasteiger partial charge is 1.00 e. The normalized spacial score (nSPS) is 10.2. The number of hydrogen-bond acceptors (Lipinski definition) is 6. The first-order valence-corrected chi connectivity index (χ1v) is 5.20. The number of carbonyl (C=O) groups is 3. The van der Waals surface area contributed by atoms with Gasteiger partial charge in [0.15, 0.2) is 0 Å². The molecule has 0 rings (SSSR count). The van der Waals surface area contributed by atoms with Crippen molar-refractivity contribution >= 4 is 63.8 Å². The van der Waals surface area contributed by atoms with Gasteiger partial charge in [0.05, 0.1) is 12.8 Å². The van der Waals surface area contributed by atoms with Crippen LogP contribution in [0.2, 0.25) is 0 Å². The molecule has 0 spiro atoms. The van der Waals surface area contributed by atoms with Gasteiger partial charge in [0.2, 0.25) is 5.60 Å². The molecule has 0 amide bonds. The summed E-state index contributed by atoms with van der Waals surface area (Å²) in [5.41, 5.74) is -3.09. The molecule has 0 atom stereocenters. The van der Waals surface area contributed by atoms with E-state index in [9.17, 15) is 22.8 Å². The number of carboxylic acid groups (broad SMARTS) is 3. The van der Waals surface area contributed by atoms with Crippen LogP contribution in [-0.4, -0.2) is 74.9 Å². The summed E-state index contributed by atoms with van der Waals surface area (Å²) >= 11 is 0. The van der Waals surface area contributed by atoms with Gasteiger partial charge in [-0.25, -0.2) is 8.98 Å². The molecule has 0 aliphatic carbocycles. The van der Waals surface area contributed by atoms with E-state index in [0.29, 0.717) is 0 Å². The molecule has 0 saturated carbocycles. The van der Waals surface area contributed by atoms with E-state index in [1.54, 1.807) is 0 Å². The zero-order valence-corrected chi connectivity index (χ0v) is 15.2. The maximum absolute atomic E-state index is 10.7. The van der Waals surface area contributed by atoms with Crippen LogP contribution in [0.3, 0.4) is 0 Å². The predicted molar refractivity (Wildman–Crippen MR) is 63.8 cm³/mol. The molecule has 0 aromatic rings. The Morgan fingerprint density at radius 2 is 1.35 bits per heavy atom. The SMILES string of the molecule is Cl.O=C(O)CC(CC(=O)O)(OS(=O)(=O)O)C(=O)O.[H-].[H-].[H-].[Mg+2].[Na+]. The molecule has 0 unspecified atom stereocenters. The van der Waals surface area contributed by atoms with Gasteiger partial charge < -0.3 is 19.6 Å². The molecule has 0 aromatic carbocycles. The number of hydrogen-bond donors (Lipinski definition) is 4. The summed E-state index contributed by atoms with van der Waals surface area (Å²) in [7, 11) is -5.33. The monoisotopic (exact) mass is 358 g/mol. The van der Waals surface area contributed by atoms with E-state index in [-0.39, 0.29) is 69.3 Å². The van der Waals surface area contributed by atoms with Crippen LogP contribution in [0.25, 0.3) is 0 Å². The van der Waals surface area contributed by atoms with Crippen LogP contribution in [0.4, 0.5) is 0 Å². The fraction of sp³-hybridized carbons (Fsp3) is 0.500. The van der Waals surface area contributed by atoms with Crippen molar-refractivity contribution in [2.45, 2.75) is 18.4 Å². The Kier molecular flexibility index (Phi) is 15.6. The Hall–Kier alpha value is 0.336. The van der Waals surface area contributed by atoms with E-state index in [2.05, 4.69) is 4.18 Å². The van der Waals surface area contributed by atoms with Crippen LogP contribution in [0, 0.1) is 0 Å². The molecule has 0 bridgehead atoms. The first kappa shape index (κ1) is 28.5. The minimum Gasteiger partial charge on any atom is -1.00 e. The van der Waals surface area contributed by atoms with Gasteiger partial charge >= 0.3 is 80.9 Å². The average molecular weight is 359 g/mol. The second kappa shape index (κ2) is 11.0. The standard InChI is InChI=1S/C6H8O10S.ClH.Mg.Na.3H/c7-3(8)1-6(5(11)12,2-4(9)10)16-17(13,14)15;;;;;;/h1-2H2,(H,7,8)(H,9,10)(H,11,12)(H,13,14,15);1H;;;;;/q;;+2;+1;3*-1. The summed E-state index contributed by atoms with van der Waals surface area (Å²) in [6.07, 6.45) is -2.90. The van der Waals surface area contributed by atoms with E-state index < -0.39 is 46.7 Å². The molecule has 0 aliphatic rings. The van der Waals surface area contributed by atoms with Crippen LogP contribution < -0.4 is 29.6 Å². The van der Waals surface area contributed by atoms with Gasteiger partial charge in [-0.05, 0) is 0 Å². The molecular weight excluding hydrogens is 347 g/mol. The number of halogens is 1. The minimum absolute atomic E-state index is 0. The number of carboxylic acids is 3. The Morgan fingerprint density at radius 1 is 1.05 bits per heavy atom. The van der Waals surface area contributed by atoms with Crippen LogP contribution in [0.1, 0.15) is 17.1 Å². The summed E-state index contributed by atoms with van der Waals surface area (Å²) in [6, 6.07) is 0. The molecule has 10 nitrogen and oxygen atoms in total. The van der Waals surface area contributed by atoms with Gasteiger partial charge in [0, 0.05) is 0 Å². The Labute approximate surface area is 162 Å². The second-order valence-electron chi connectivity index (χ2n) is 2.95. The van der Waals surface area contributed by atoms with Crippen molar-refractivity contribution in [1.82, 2.24) is 0 Å². The molecule has 4 N–H and O–H groups in total. The molecule has 0 fully saturated rings. The molecule has 0 heterocycles. The fourth-order valence-corrected chi connectivity index (χ4v) is 1.59. The molecular formula is C6H12ClMgNaO10S. The van der Waals surface area contributed by atoms with E-state index in [1.165, 1.54) is 0 Å². The molecule has 0 aromatic heterocycles. The van der Waals surface area contributed by atoms with Gasteiger partial charge in [-0.15, -0.1) is 12.4 Å². The number of aliphatic carboxylic acids is 3. The van der Waals surface area contributed by atoms with Gasteiger partial charge in [-0.3, -0.25) is 14.1 Å². The first-order chi connectivity index (χ1) is 7.48. The maximum atomic E-state index is 10.7. The minimum atomic E-state index is -5.33. The maximum Gasteiger partial charge on any atom is 2.00 e. The molecule has 0 radical (unpaired) electrons. The van der Waals surface area contributed by atoms with Crippen molar-refractivity contribution in [3.8, 4) is 0 Å². The van der Waals surface area contributed by atoms with Crippen LogP contribution in [0.15, 0.2) is 0 Å². The van der Waals surface area contributed by atoms with Crippen molar-refractivity contribution in [2.24, 2.45) is 0 Å². The third-order valence-electron chi connectivity index (χ3n) is 1.53. The zero-order chi connectivity index (χ0) is 13.9. The third kappa shape index (κ3) is 11.0. The molecule has 0 aliphatic heterocycles. The number of rotatable bonds is 7. The van der Waals surface area contributed by atoms with Crippen LogP contribution in [0.5, 0.6) is 0 Å². The molecule has 0 saturated heterocycles. The topological polar surface area (TPSA) is 175 Å². The molecule has 14 heteroatoms. The van der Waals surface area contributed by atoms with Gasteiger partial charge in [0.25, 0.3) is 0 Å². The summed E-state index contributed by atoms with van der Waals surface area (Å²) in [5, 5.41) is 25.4. The molecule has 112 valence electrons. The Morgan fingerprint density at radius 3 is 1.50 bits per heavy atom.